The smallest absolute Gasteiger partial charge is 0.331 e. The van der Waals surface area contributed by atoms with Gasteiger partial charge < -0.3 is 4.74 Å². The topological polar surface area (TPSA) is 38.7 Å². The number of hydrogen-bond donors (Lipinski definition) is 0. The lowest BCUT2D eigenvalue weighted by Crippen LogP contribution is -2.22. The fourth-order valence-electron chi connectivity index (χ4n) is 0.767. The molecule has 0 aromatic heterocycles. The second kappa shape index (κ2) is 8.23. The molecule has 0 aromatic carbocycles. The van der Waals surface area contributed by atoms with Crippen molar-refractivity contribution in [2.75, 3.05) is 18.6 Å². The maximum absolute atomic E-state index is 11.2. The molecule has 0 saturated carbocycles. The Labute approximate surface area is 87.9 Å². The highest BCUT2D eigenvalue weighted by Crippen LogP contribution is 2.05. The van der Waals surface area contributed by atoms with Crippen molar-refractivity contribution in [2.45, 2.75) is 19.4 Å². The Bertz CT molecular complexity index is 202. The second-order valence-electron chi connectivity index (χ2n) is 2.27. The van der Waals surface area contributed by atoms with E-state index in [0.717, 1.165) is 5.75 Å². The molecule has 0 radical (unpaired) electrons. The van der Waals surface area contributed by atoms with Gasteiger partial charge in [-0.05, 0) is 37.6 Å². The quantitative estimate of drug-likeness (QED) is 0.388. The number of carbonyl (C=O) groups excluding carboxylic acids is 1. The van der Waals surface area contributed by atoms with Gasteiger partial charge in [0.15, 0.2) is 6.04 Å². The van der Waals surface area contributed by atoms with Gasteiger partial charge >= 0.3 is 5.97 Å². The molecule has 0 spiro atoms. The number of thiocarbonyl (C=S) groups is 1. The second-order valence-corrected chi connectivity index (χ2v) is 3.44. The molecular weight excluding hydrogens is 206 g/mol. The summed E-state index contributed by atoms with van der Waals surface area (Å²) >= 11 is 6.11. The van der Waals surface area contributed by atoms with Gasteiger partial charge in [0.05, 0.1) is 11.8 Å². The summed E-state index contributed by atoms with van der Waals surface area (Å²) in [5.74, 6) is 0.554. The van der Waals surface area contributed by atoms with Gasteiger partial charge in [0.25, 0.3) is 0 Å². The van der Waals surface area contributed by atoms with Crippen LogP contribution in [0.3, 0.4) is 0 Å². The Kier molecular flexibility index (Phi) is 7.99. The van der Waals surface area contributed by atoms with Crippen molar-refractivity contribution >= 4 is 35.1 Å². The average Bonchev–Trinajstić information content (AvgIpc) is 2.12. The van der Waals surface area contributed by atoms with Gasteiger partial charge in [0.2, 0.25) is 0 Å². The van der Waals surface area contributed by atoms with E-state index in [1.54, 1.807) is 18.7 Å². The minimum Gasteiger partial charge on any atom is -0.464 e. The Morgan fingerprint density at radius 3 is 2.92 bits per heavy atom. The molecule has 0 heterocycles. The molecule has 0 aliphatic carbocycles. The van der Waals surface area contributed by atoms with Gasteiger partial charge in [-0.2, -0.15) is 11.8 Å². The van der Waals surface area contributed by atoms with Crippen molar-refractivity contribution in [3.63, 3.8) is 0 Å². The third-order valence-electron chi connectivity index (χ3n) is 1.36. The first kappa shape index (κ1) is 12.6. The predicted octanol–water partition coefficient (Wildman–Crippen LogP) is 1.77. The molecule has 5 heteroatoms. The number of aliphatic imine (C=N–C) groups is 1. The standard InChI is InChI=1S/C8H13NO2S2/c1-3-11-8(10)7(9-6-12)4-5-13-2/h7H,3-5H2,1-2H3/t7-/m0/s1. The average molecular weight is 219 g/mol. The van der Waals surface area contributed by atoms with Gasteiger partial charge in [-0.1, -0.05) is 0 Å². The lowest BCUT2D eigenvalue weighted by molar-refractivity contribution is -0.144. The maximum atomic E-state index is 11.2. The van der Waals surface area contributed by atoms with Crippen LogP contribution in [-0.4, -0.2) is 35.8 Å². The Morgan fingerprint density at radius 1 is 1.77 bits per heavy atom. The summed E-state index contributed by atoms with van der Waals surface area (Å²) in [4.78, 5) is 15.0. The number of carbonyl (C=O) groups is 1. The van der Waals surface area contributed by atoms with Gasteiger partial charge in [-0.3, -0.25) is 0 Å². The van der Waals surface area contributed by atoms with Crippen molar-refractivity contribution in [1.29, 1.82) is 0 Å². The van der Waals surface area contributed by atoms with E-state index >= 15 is 0 Å². The molecule has 0 amide bonds. The molecule has 0 fully saturated rings. The third kappa shape index (κ3) is 5.80. The highest BCUT2D eigenvalue weighted by molar-refractivity contribution is 7.98. The van der Waals surface area contributed by atoms with E-state index in [-0.39, 0.29) is 5.97 Å². The first-order chi connectivity index (χ1) is 6.26. The van der Waals surface area contributed by atoms with Crippen LogP contribution in [-0.2, 0) is 9.53 Å². The zero-order valence-electron chi connectivity index (χ0n) is 7.78. The van der Waals surface area contributed by atoms with Crippen LogP contribution in [0.2, 0.25) is 0 Å². The Morgan fingerprint density at radius 2 is 2.46 bits per heavy atom. The molecule has 0 aromatic rings. The number of nitrogens with zero attached hydrogens (tertiary/aromatic N) is 1. The molecule has 0 aliphatic rings. The molecule has 0 unspecified atom stereocenters. The van der Waals surface area contributed by atoms with Crippen molar-refractivity contribution < 1.29 is 9.53 Å². The molecule has 1 atom stereocenters. The summed E-state index contributed by atoms with van der Waals surface area (Å²) in [6.07, 6.45) is 2.63. The predicted molar refractivity (Wildman–Crippen MR) is 58.4 cm³/mol. The van der Waals surface area contributed by atoms with E-state index in [9.17, 15) is 4.79 Å². The van der Waals surface area contributed by atoms with Crippen LogP contribution >= 0.6 is 24.0 Å². The summed E-state index contributed by atoms with van der Waals surface area (Å²) < 4.78 is 4.83. The van der Waals surface area contributed by atoms with Crippen LogP contribution in [0.4, 0.5) is 0 Å². The number of esters is 1. The van der Waals surface area contributed by atoms with Crippen LogP contribution < -0.4 is 0 Å². The van der Waals surface area contributed by atoms with Gasteiger partial charge in [0.1, 0.15) is 0 Å². The first-order valence-corrected chi connectivity index (χ1v) is 5.79. The summed E-state index contributed by atoms with van der Waals surface area (Å²) in [6, 6.07) is -0.468. The number of rotatable bonds is 6. The van der Waals surface area contributed by atoms with E-state index in [1.165, 1.54) is 0 Å². The Hall–Kier alpha value is -0.380. The van der Waals surface area contributed by atoms with E-state index in [2.05, 4.69) is 22.4 Å². The van der Waals surface area contributed by atoms with Crippen LogP contribution in [0, 0.1) is 0 Å². The lowest BCUT2D eigenvalue weighted by Gasteiger charge is -2.08. The maximum Gasteiger partial charge on any atom is 0.331 e. The normalized spacial score (nSPS) is 11.5. The third-order valence-corrected chi connectivity index (χ3v) is 2.11. The molecule has 0 aliphatic heterocycles. The Balaban J connectivity index is 4.06. The number of isothiocyanates is 1. The van der Waals surface area contributed by atoms with Crippen LogP contribution in [0.25, 0.3) is 0 Å². The summed E-state index contributed by atoms with van der Waals surface area (Å²) in [5.41, 5.74) is 0. The van der Waals surface area contributed by atoms with Gasteiger partial charge in [-0.25, -0.2) is 9.79 Å². The minimum atomic E-state index is -0.468. The molecule has 74 valence electrons. The summed E-state index contributed by atoms with van der Waals surface area (Å²) in [7, 11) is 0. The van der Waals surface area contributed by atoms with Crippen LogP contribution in [0.5, 0.6) is 0 Å². The lowest BCUT2D eigenvalue weighted by atomic mass is 10.2. The van der Waals surface area contributed by atoms with Crippen LogP contribution in [0.15, 0.2) is 4.99 Å². The molecular formula is C8H13NO2S2. The fraction of sp³-hybridized carbons (Fsp3) is 0.750. The van der Waals surface area contributed by atoms with E-state index in [1.807, 2.05) is 6.26 Å². The number of ether oxygens (including phenoxy) is 1. The van der Waals surface area contributed by atoms with Crippen molar-refractivity contribution in [1.82, 2.24) is 0 Å². The van der Waals surface area contributed by atoms with E-state index < -0.39 is 6.04 Å². The van der Waals surface area contributed by atoms with Crippen molar-refractivity contribution in [3.8, 4) is 0 Å². The highest BCUT2D eigenvalue weighted by Gasteiger charge is 2.17. The molecule has 0 saturated heterocycles. The van der Waals surface area contributed by atoms with Crippen LogP contribution in [0.1, 0.15) is 13.3 Å². The largest absolute Gasteiger partial charge is 0.464 e. The summed E-state index contributed by atoms with van der Waals surface area (Å²) in [5, 5.41) is 2.21. The van der Waals surface area contributed by atoms with Crippen molar-refractivity contribution in [3.05, 3.63) is 0 Å². The molecule has 0 bridgehead atoms. The highest BCUT2D eigenvalue weighted by atomic mass is 32.2. The molecule has 0 rings (SSSR count). The number of thioether (sulfide) groups is 1. The van der Waals surface area contributed by atoms with Crippen molar-refractivity contribution in [2.24, 2.45) is 4.99 Å². The molecule has 0 N–H and O–H groups in total. The van der Waals surface area contributed by atoms with Gasteiger partial charge in [-0.15, -0.1) is 0 Å². The molecule has 13 heavy (non-hydrogen) atoms. The van der Waals surface area contributed by atoms with E-state index in [4.69, 9.17) is 4.74 Å². The SMILES string of the molecule is CCOC(=O)[C@H](CCSC)N=C=S. The first-order valence-electron chi connectivity index (χ1n) is 3.98. The zero-order valence-corrected chi connectivity index (χ0v) is 9.41. The van der Waals surface area contributed by atoms with E-state index in [0.29, 0.717) is 13.0 Å². The minimum absolute atomic E-state index is 0.311. The molecule has 3 nitrogen and oxygen atoms in total. The van der Waals surface area contributed by atoms with Gasteiger partial charge in [0, 0.05) is 0 Å². The fourth-order valence-corrected chi connectivity index (χ4v) is 1.35. The summed E-state index contributed by atoms with van der Waals surface area (Å²) in [6.45, 7) is 2.15. The number of hydrogen-bond acceptors (Lipinski definition) is 5. The monoisotopic (exact) mass is 219 g/mol. The zero-order chi connectivity index (χ0) is 10.1.